The van der Waals surface area contributed by atoms with Crippen molar-refractivity contribution in [2.24, 2.45) is 11.8 Å². The number of rotatable bonds is 3. The summed E-state index contributed by atoms with van der Waals surface area (Å²) in [6.07, 6.45) is 3.89. The molecule has 0 aromatic carbocycles. The first kappa shape index (κ1) is 9.75. The number of nitrogens with zero attached hydrogens (tertiary/aromatic N) is 1. The molecule has 1 N–H and O–H groups in total. The molecular weight excluding hydrogens is 186 g/mol. The summed E-state index contributed by atoms with van der Waals surface area (Å²) in [5.74, 6) is 2.20. The second-order valence-corrected chi connectivity index (χ2v) is 4.79. The minimum Gasteiger partial charge on any atom is -0.391 e. The molecule has 3 atom stereocenters. The van der Waals surface area contributed by atoms with Crippen LogP contribution in [0, 0.1) is 11.8 Å². The lowest BCUT2D eigenvalue weighted by Crippen LogP contribution is -2.32. The summed E-state index contributed by atoms with van der Waals surface area (Å²) in [5.41, 5.74) is 0. The van der Waals surface area contributed by atoms with Crippen molar-refractivity contribution in [2.45, 2.75) is 25.4 Å². The van der Waals surface area contributed by atoms with Gasteiger partial charge in [-0.1, -0.05) is 6.42 Å². The van der Waals surface area contributed by atoms with Crippen LogP contribution in [-0.2, 0) is 0 Å². The van der Waals surface area contributed by atoms with E-state index >= 15 is 0 Å². The molecule has 2 aliphatic rings. The van der Waals surface area contributed by atoms with E-state index in [4.69, 9.17) is 11.6 Å². The molecule has 2 rings (SSSR count). The summed E-state index contributed by atoms with van der Waals surface area (Å²) >= 11 is 5.57. The standard InChI is InChI=1S/C10H18ClNO/c11-4-10(13)7-12-5-8-2-1-3-9(8)6-12/h8-10,13H,1-7H2. The molecule has 1 aliphatic carbocycles. The van der Waals surface area contributed by atoms with E-state index in [1.165, 1.54) is 32.4 Å². The lowest BCUT2D eigenvalue weighted by atomic mass is 10.0. The smallest absolute Gasteiger partial charge is 0.0802 e. The first-order valence-corrected chi connectivity index (χ1v) is 5.79. The number of halogens is 1. The molecular formula is C10H18ClNO. The molecule has 1 heterocycles. The quantitative estimate of drug-likeness (QED) is 0.700. The first-order valence-electron chi connectivity index (χ1n) is 5.26. The van der Waals surface area contributed by atoms with Crippen LogP contribution in [0.15, 0.2) is 0 Å². The summed E-state index contributed by atoms with van der Waals surface area (Å²) in [7, 11) is 0. The molecule has 0 aromatic heterocycles. The fourth-order valence-electron chi connectivity index (χ4n) is 2.83. The zero-order valence-electron chi connectivity index (χ0n) is 7.95. The Balaban J connectivity index is 1.78. The van der Waals surface area contributed by atoms with Gasteiger partial charge in [0.25, 0.3) is 0 Å². The molecule has 3 unspecified atom stereocenters. The SMILES string of the molecule is OC(CCl)CN1CC2CCCC2C1. The highest BCUT2D eigenvalue weighted by atomic mass is 35.5. The zero-order chi connectivity index (χ0) is 9.26. The average molecular weight is 204 g/mol. The number of fused-ring (bicyclic) bond motifs is 1. The number of aliphatic hydroxyl groups is 1. The fourth-order valence-corrected chi connectivity index (χ4v) is 2.93. The van der Waals surface area contributed by atoms with Crippen molar-refractivity contribution in [2.75, 3.05) is 25.5 Å². The van der Waals surface area contributed by atoms with Crippen molar-refractivity contribution in [3.05, 3.63) is 0 Å². The summed E-state index contributed by atoms with van der Waals surface area (Å²) in [5, 5.41) is 9.41. The van der Waals surface area contributed by atoms with Crippen molar-refractivity contribution < 1.29 is 5.11 Å². The second kappa shape index (κ2) is 4.16. The van der Waals surface area contributed by atoms with Gasteiger partial charge in [0.05, 0.1) is 6.10 Å². The molecule has 0 amide bonds. The minimum atomic E-state index is -0.333. The molecule has 3 heteroatoms. The molecule has 0 spiro atoms. The van der Waals surface area contributed by atoms with Gasteiger partial charge in [-0.05, 0) is 24.7 Å². The van der Waals surface area contributed by atoms with Crippen molar-refractivity contribution in [3.8, 4) is 0 Å². The topological polar surface area (TPSA) is 23.5 Å². The van der Waals surface area contributed by atoms with Gasteiger partial charge in [0.15, 0.2) is 0 Å². The van der Waals surface area contributed by atoms with E-state index in [1.807, 2.05) is 0 Å². The highest BCUT2D eigenvalue weighted by molar-refractivity contribution is 6.18. The van der Waals surface area contributed by atoms with E-state index in [1.54, 1.807) is 0 Å². The van der Waals surface area contributed by atoms with Gasteiger partial charge in [-0.3, -0.25) is 0 Å². The van der Waals surface area contributed by atoms with Crippen LogP contribution >= 0.6 is 11.6 Å². The van der Waals surface area contributed by atoms with Crippen molar-refractivity contribution >= 4 is 11.6 Å². The number of likely N-dealkylation sites (tertiary alicyclic amines) is 1. The van der Waals surface area contributed by atoms with E-state index in [-0.39, 0.29) is 6.10 Å². The third-order valence-corrected chi connectivity index (χ3v) is 3.81. The third-order valence-electron chi connectivity index (χ3n) is 3.45. The van der Waals surface area contributed by atoms with Gasteiger partial charge >= 0.3 is 0 Å². The molecule has 0 aromatic rings. The normalized spacial score (nSPS) is 36.5. The molecule has 2 fully saturated rings. The molecule has 1 saturated heterocycles. The van der Waals surface area contributed by atoms with Crippen molar-refractivity contribution in [3.63, 3.8) is 0 Å². The Labute approximate surface area is 84.9 Å². The largest absolute Gasteiger partial charge is 0.391 e. The molecule has 76 valence electrons. The van der Waals surface area contributed by atoms with Crippen molar-refractivity contribution in [1.82, 2.24) is 4.90 Å². The number of hydrogen-bond acceptors (Lipinski definition) is 2. The summed E-state index contributed by atoms with van der Waals surface area (Å²) in [6, 6.07) is 0. The van der Waals surface area contributed by atoms with Crippen LogP contribution in [0.3, 0.4) is 0 Å². The average Bonchev–Trinajstić information content (AvgIpc) is 2.63. The van der Waals surface area contributed by atoms with E-state index < -0.39 is 0 Å². The molecule has 13 heavy (non-hydrogen) atoms. The van der Waals surface area contributed by atoms with Gasteiger partial charge in [-0.2, -0.15) is 0 Å². The van der Waals surface area contributed by atoms with Gasteiger partial charge < -0.3 is 10.0 Å². The number of aliphatic hydroxyl groups excluding tert-OH is 1. The summed E-state index contributed by atoms with van der Waals surface area (Å²) < 4.78 is 0. The van der Waals surface area contributed by atoms with Gasteiger partial charge in [-0.15, -0.1) is 11.6 Å². The molecule has 1 saturated carbocycles. The second-order valence-electron chi connectivity index (χ2n) is 4.48. The highest BCUT2D eigenvalue weighted by Crippen LogP contribution is 2.37. The van der Waals surface area contributed by atoms with Crippen LogP contribution < -0.4 is 0 Å². The maximum absolute atomic E-state index is 9.41. The first-order chi connectivity index (χ1) is 6.29. The predicted molar refractivity (Wildman–Crippen MR) is 54.0 cm³/mol. The number of alkyl halides is 1. The van der Waals surface area contributed by atoms with Gasteiger partial charge in [0, 0.05) is 25.5 Å². The highest BCUT2D eigenvalue weighted by Gasteiger charge is 2.36. The summed E-state index contributed by atoms with van der Waals surface area (Å²) in [4.78, 5) is 2.38. The van der Waals surface area contributed by atoms with Crippen LogP contribution in [0.4, 0.5) is 0 Å². The van der Waals surface area contributed by atoms with Crippen LogP contribution in [0.25, 0.3) is 0 Å². The van der Waals surface area contributed by atoms with Gasteiger partial charge in [0.2, 0.25) is 0 Å². The van der Waals surface area contributed by atoms with Crippen LogP contribution in [0.5, 0.6) is 0 Å². The van der Waals surface area contributed by atoms with E-state index in [0.29, 0.717) is 5.88 Å². The third kappa shape index (κ3) is 2.17. The number of β-amino-alcohol motifs (C(OH)–C–C–N with tert-alkyl or cyclic N) is 1. The maximum atomic E-state index is 9.41. The molecule has 0 bridgehead atoms. The molecule has 1 aliphatic heterocycles. The van der Waals surface area contributed by atoms with E-state index in [0.717, 1.165) is 18.4 Å². The Morgan fingerprint density at radius 3 is 2.46 bits per heavy atom. The summed E-state index contributed by atoms with van der Waals surface area (Å²) in [6.45, 7) is 3.16. The zero-order valence-corrected chi connectivity index (χ0v) is 8.71. The van der Waals surface area contributed by atoms with Crippen LogP contribution in [0.2, 0.25) is 0 Å². The van der Waals surface area contributed by atoms with Crippen molar-refractivity contribution in [1.29, 1.82) is 0 Å². The predicted octanol–water partition coefficient (Wildman–Crippen LogP) is 1.32. The lowest BCUT2D eigenvalue weighted by Gasteiger charge is -2.19. The Hall–Kier alpha value is 0.210. The Kier molecular flexibility index (Phi) is 3.12. The van der Waals surface area contributed by atoms with E-state index in [2.05, 4.69) is 4.90 Å². The monoisotopic (exact) mass is 203 g/mol. The maximum Gasteiger partial charge on any atom is 0.0802 e. The van der Waals surface area contributed by atoms with E-state index in [9.17, 15) is 5.11 Å². The minimum absolute atomic E-state index is 0.333. The van der Waals surface area contributed by atoms with Crippen LogP contribution in [0.1, 0.15) is 19.3 Å². The molecule has 2 nitrogen and oxygen atoms in total. The van der Waals surface area contributed by atoms with Gasteiger partial charge in [-0.25, -0.2) is 0 Å². The Morgan fingerprint density at radius 1 is 1.31 bits per heavy atom. The van der Waals surface area contributed by atoms with Gasteiger partial charge in [0.1, 0.15) is 0 Å². The number of hydrogen-bond donors (Lipinski definition) is 1. The lowest BCUT2D eigenvalue weighted by molar-refractivity contribution is 0.139. The molecule has 0 radical (unpaired) electrons. The van der Waals surface area contributed by atoms with Crippen LogP contribution in [-0.4, -0.2) is 41.6 Å². The fraction of sp³-hybridized carbons (Fsp3) is 1.00. The Bertz CT molecular complexity index is 162. The Morgan fingerprint density at radius 2 is 1.92 bits per heavy atom.